The predicted octanol–water partition coefficient (Wildman–Crippen LogP) is 1.74. The first-order chi connectivity index (χ1) is 7.58. The standard InChI is InChI=1S/C13H26O4/c1-12(2,3)16-8-10-11(9(14)7-15-10)17-13(4,5)6/h9-11,14H,7-8H2,1-6H3/t9-,10-,11?/m1/s1. The normalized spacial score (nSPS) is 30.9. The van der Waals surface area contributed by atoms with Crippen molar-refractivity contribution in [3.05, 3.63) is 0 Å². The van der Waals surface area contributed by atoms with Crippen molar-refractivity contribution in [3.8, 4) is 0 Å². The molecular formula is C13H26O4. The van der Waals surface area contributed by atoms with E-state index in [1.165, 1.54) is 0 Å². The minimum absolute atomic E-state index is 0.191. The first-order valence-electron chi connectivity index (χ1n) is 6.20. The Labute approximate surface area is 104 Å². The van der Waals surface area contributed by atoms with Crippen LogP contribution in [0.1, 0.15) is 41.5 Å². The lowest BCUT2D eigenvalue weighted by atomic mass is 10.1. The maximum atomic E-state index is 9.85. The molecule has 17 heavy (non-hydrogen) atoms. The zero-order valence-corrected chi connectivity index (χ0v) is 11.8. The van der Waals surface area contributed by atoms with Gasteiger partial charge in [0.1, 0.15) is 18.3 Å². The van der Waals surface area contributed by atoms with Gasteiger partial charge in [-0.3, -0.25) is 0 Å². The SMILES string of the molecule is CC(C)(C)OC[C@H]1OC[C@@H](O)C1OC(C)(C)C. The van der Waals surface area contributed by atoms with Crippen LogP contribution < -0.4 is 0 Å². The van der Waals surface area contributed by atoms with E-state index in [0.717, 1.165) is 0 Å². The summed E-state index contributed by atoms with van der Waals surface area (Å²) in [4.78, 5) is 0. The zero-order chi connectivity index (χ0) is 13.3. The van der Waals surface area contributed by atoms with E-state index in [-0.39, 0.29) is 23.4 Å². The van der Waals surface area contributed by atoms with E-state index in [2.05, 4.69) is 0 Å². The van der Waals surface area contributed by atoms with Gasteiger partial charge in [-0.1, -0.05) is 0 Å². The smallest absolute Gasteiger partial charge is 0.115 e. The fourth-order valence-electron chi connectivity index (χ4n) is 1.70. The van der Waals surface area contributed by atoms with Gasteiger partial charge in [-0.15, -0.1) is 0 Å². The minimum Gasteiger partial charge on any atom is -0.388 e. The van der Waals surface area contributed by atoms with Crippen LogP contribution in [-0.4, -0.2) is 47.8 Å². The molecule has 0 bridgehead atoms. The summed E-state index contributed by atoms with van der Waals surface area (Å²) in [7, 11) is 0. The molecule has 4 heteroatoms. The molecule has 0 spiro atoms. The predicted molar refractivity (Wildman–Crippen MR) is 66.1 cm³/mol. The highest BCUT2D eigenvalue weighted by atomic mass is 16.6. The van der Waals surface area contributed by atoms with Crippen molar-refractivity contribution in [2.45, 2.75) is 71.1 Å². The molecule has 0 aromatic rings. The minimum atomic E-state index is -0.567. The highest BCUT2D eigenvalue weighted by molar-refractivity contribution is 4.87. The van der Waals surface area contributed by atoms with Gasteiger partial charge >= 0.3 is 0 Å². The molecule has 0 aliphatic carbocycles. The average molecular weight is 246 g/mol. The number of aliphatic hydroxyl groups excluding tert-OH is 1. The Kier molecular flexibility index (Phi) is 4.58. The molecule has 1 N–H and O–H groups in total. The topological polar surface area (TPSA) is 47.9 Å². The highest BCUT2D eigenvalue weighted by Crippen LogP contribution is 2.24. The van der Waals surface area contributed by atoms with E-state index in [9.17, 15) is 5.11 Å². The maximum absolute atomic E-state index is 9.85. The Morgan fingerprint density at radius 2 is 1.71 bits per heavy atom. The zero-order valence-electron chi connectivity index (χ0n) is 11.8. The van der Waals surface area contributed by atoms with Crippen LogP contribution >= 0.6 is 0 Å². The Hall–Kier alpha value is -0.160. The van der Waals surface area contributed by atoms with Gasteiger partial charge in [0.15, 0.2) is 0 Å². The Bertz CT molecular complexity index is 239. The summed E-state index contributed by atoms with van der Waals surface area (Å²) >= 11 is 0. The molecule has 0 radical (unpaired) electrons. The van der Waals surface area contributed by atoms with Gasteiger partial charge in [-0.25, -0.2) is 0 Å². The molecule has 1 heterocycles. The molecule has 3 atom stereocenters. The number of aliphatic hydroxyl groups is 1. The van der Waals surface area contributed by atoms with E-state index in [4.69, 9.17) is 14.2 Å². The lowest BCUT2D eigenvalue weighted by Crippen LogP contribution is -2.42. The third-order valence-corrected chi connectivity index (χ3v) is 2.40. The van der Waals surface area contributed by atoms with Crippen molar-refractivity contribution in [1.82, 2.24) is 0 Å². The highest BCUT2D eigenvalue weighted by Gasteiger charge is 2.40. The largest absolute Gasteiger partial charge is 0.388 e. The molecule has 1 aliphatic rings. The van der Waals surface area contributed by atoms with Gasteiger partial charge in [-0.05, 0) is 41.5 Å². The summed E-state index contributed by atoms with van der Waals surface area (Å²) < 4.78 is 17.0. The molecule has 1 unspecified atom stereocenters. The van der Waals surface area contributed by atoms with Crippen LogP contribution in [0.4, 0.5) is 0 Å². The fraction of sp³-hybridized carbons (Fsp3) is 1.00. The summed E-state index contributed by atoms with van der Waals surface area (Å²) in [6.45, 7) is 12.7. The first kappa shape index (κ1) is 14.9. The first-order valence-corrected chi connectivity index (χ1v) is 6.20. The second-order valence-corrected chi connectivity index (χ2v) is 6.56. The van der Waals surface area contributed by atoms with Crippen LogP contribution in [0.5, 0.6) is 0 Å². The summed E-state index contributed by atoms with van der Waals surface area (Å²) in [6.07, 6.45) is -1.07. The summed E-state index contributed by atoms with van der Waals surface area (Å²) in [5, 5.41) is 9.85. The Morgan fingerprint density at radius 3 is 2.18 bits per heavy atom. The lowest BCUT2D eigenvalue weighted by molar-refractivity contribution is -0.136. The van der Waals surface area contributed by atoms with Gasteiger partial charge in [0, 0.05) is 0 Å². The third kappa shape index (κ3) is 5.34. The van der Waals surface area contributed by atoms with Gasteiger partial charge in [0.2, 0.25) is 0 Å². The fourth-order valence-corrected chi connectivity index (χ4v) is 1.70. The Morgan fingerprint density at radius 1 is 1.12 bits per heavy atom. The van der Waals surface area contributed by atoms with Crippen LogP contribution in [0.2, 0.25) is 0 Å². The molecule has 4 nitrogen and oxygen atoms in total. The van der Waals surface area contributed by atoms with Crippen LogP contribution in [0.25, 0.3) is 0 Å². The quantitative estimate of drug-likeness (QED) is 0.824. The molecule has 0 aromatic heterocycles. The van der Waals surface area contributed by atoms with E-state index >= 15 is 0 Å². The molecule has 0 amide bonds. The molecule has 1 fully saturated rings. The van der Waals surface area contributed by atoms with Crippen molar-refractivity contribution >= 4 is 0 Å². The number of hydrogen-bond acceptors (Lipinski definition) is 4. The van der Waals surface area contributed by atoms with Crippen LogP contribution in [0, 0.1) is 0 Å². The van der Waals surface area contributed by atoms with E-state index in [0.29, 0.717) is 13.2 Å². The molecule has 102 valence electrons. The second-order valence-electron chi connectivity index (χ2n) is 6.56. The molecule has 1 saturated heterocycles. The lowest BCUT2D eigenvalue weighted by Gasteiger charge is -2.30. The van der Waals surface area contributed by atoms with Gasteiger partial charge in [-0.2, -0.15) is 0 Å². The van der Waals surface area contributed by atoms with E-state index < -0.39 is 6.10 Å². The van der Waals surface area contributed by atoms with E-state index in [1.807, 2.05) is 41.5 Å². The van der Waals surface area contributed by atoms with Crippen LogP contribution in [0.15, 0.2) is 0 Å². The number of hydrogen-bond donors (Lipinski definition) is 1. The van der Waals surface area contributed by atoms with Gasteiger partial charge in [0.25, 0.3) is 0 Å². The van der Waals surface area contributed by atoms with E-state index in [1.54, 1.807) is 0 Å². The van der Waals surface area contributed by atoms with Crippen molar-refractivity contribution in [1.29, 1.82) is 0 Å². The maximum Gasteiger partial charge on any atom is 0.115 e. The van der Waals surface area contributed by atoms with Crippen LogP contribution in [-0.2, 0) is 14.2 Å². The number of rotatable bonds is 3. The van der Waals surface area contributed by atoms with Crippen LogP contribution in [0.3, 0.4) is 0 Å². The summed E-state index contributed by atoms with van der Waals surface area (Å²) in [5.74, 6) is 0. The van der Waals surface area contributed by atoms with Crippen molar-refractivity contribution in [2.75, 3.05) is 13.2 Å². The summed E-state index contributed by atoms with van der Waals surface area (Å²) in [5.41, 5.74) is -0.498. The molecular weight excluding hydrogens is 220 g/mol. The van der Waals surface area contributed by atoms with Crippen molar-refractivity contribution in [2.24, 2.45) is 0 Å². The molecule has 0 aromatic carbocycles. The van der Waals surface area contributed by atoms with Gasteiger partial charge in [0.05, 0.1) is 24.4 Å². The Balaban J connectivity index is 2.53. The molecule has 1 aliphatic heterocycles. The average Bonchev–Trinajstić information content (AvgIpc) is 2.41. The monoisotopic (exact) mass is 246 g/mol. The molecule has 1 rings (SSSR count). The van der Waals surface area contributed by atoms with Crippen molar-refractivity contribution < 1.29 is 19.3 Å². The number of ether oxygens (including phenoxy) is 3. The summed E-state index contributed by atoms with van der Waals surface area (Å²) in [6, 6.07) is 0. The van der Waals surface area contributed by atoms with Gasteiger partial charge < -0.3 is 19.3 Å². The molecule has 0 saturated carbocycles. The second kappa shape index (κ2) is 5.22. The third-order valence-electron chi connectivity index (χ3n) is 2.40. The van der Waals surface area contributed by atoms with Crippen molar-refractivity contribution in [3.63, 3.8) is 0 Å².